The second kappa shape index (κ2) is 7.95. The highest BCUT2D eigenvalue weighted by atomic mass is 35.5. The summed E-state index contributed by atoms with van der Waals surface area (Å²) in [6, 6.07) is 7.87. The van der Waals surface area contributed by atoms with Gasteiger partial charge in [0.1, 0.15) is 0 Å². The predicted molar refractivity (Wildman–Crippen MR) is 90.9 cm³/mol. The third-order valence-electron chi connectivity index (χ3n) is 4.45. The summed E-state index contributed by atoms with van der Waals surface area (Å²) < 4.78 is 0. The number of hydrogen-bond acceptors (Lipinski definition) is 3. The van der Waals surface area contributed by atoms with Gasteiger partial charge in [-0.05, 0) is 25.0 Å². The number of piperazine rings is 1. The molecule has 2 N–H and O–H groups in total. The Morgan fingerprint density at radius 3 is 2.50 bits per heavy atom. The highest BCUT2D eigenvalue weighted by molar-refractivity contribution is 6.31. The van der Waals surface area contributed by atoms with Gasteiger partial charge in [0.15, 0.2) is 0 Å². The molecule has 0 aliphatic carbocycles. The van der Waals surface area contributed by atoms with E-state index in [1.54, 1.807) is 0 Å². The van der Waals surface area contributed by atoms with Crippen LogP contribution in [0.2, 0.25) is 5.02 Å². The van der Waals surface area contributed by atoms with Crippen LogP contribution in [-0.2, 0) is 4.79 Å². The maximum absolute atomic E-state index is 12.2. The number of carbonyl (C=O) groups excluding carboxylic acids is 1. The van der Waals surface area contributed by atoms with Crippen LogP contribution in [0.1, 0.15) is 38.3 Å². The van der Waals surface area contributed by atoms with Crippen LogP contribution in [0, 0.1) is 0 Å². The molecule has 1 aliphatic rings. The molecule has 2 rings (SSSR count). The van der Waals surface area contributed by atoms with E-state index in [2.05, 4.69) is 24.8 Å². The average molecular weight is 324 g/mol. The van der Waals surface area contributed by atoms with Gasteiger partial charge in [-0.15, -0.1) is 0 Å². The van der Waals surface area contributed by atoms with Crippen molar-refractivity contribution in [3.8, 4) is 0 Å². The van der Waals surface area contributed by atoms with Gasteiger partial charge in [0.05, 0.1) is 6.04 Å². The summed E-state index contributed by atoms with van der Waals surface area (Å²) in [5.41, 5.74) is 7.09. The maximum atomic E-state index is 12.2. The third kappa shape index (κ3) is 4.00. The minimum atomic E-state index is -0.349. The Hall–Kier alpha value is -1.10. The van der Waals surface area contributed by atoms with Crippen molar-refractivity contribution in [1.82, 2.24) is 9.80 Å². The monoisotopic (exact) mass is 323 g/mol. The molecule has 2 unspecified atom stereocenters. The normalized spacial score (nSPS) is 19.0. The van der Waals surface area contributed by atoms with Crippen LogP contribution in [0.25, 0.3) is 0 Å². The zero-order valence-electron chi connectivity index (χ0n) is 13.5. The molecule has 1 saturated heterocycles. The Balaban J connectivity index is 1.92. The van der Waals surface area contributed by atoms with E-state index in [-0.39, 0.29) is 18.0 Å². The zero-order chi connectivity index (χ0) is 16.1. The summed E-state index contributed by atoms with van der Waals surface area (Å²) in [5.74, 6) is 0.0897. The van der Waals surface area contributed by atoms with Crippen LogP contribution >= 0.6 is 11.6 Å². The molecular weight excluding hydrogens is 298 g/mol. The van der Waals surface area contributed by atoms with E-state index in [0.717, 1.165) is 49.6 Å². The average Bonchev–Trinajstić information content (AvgIpc) is 2.54. The first-order valence-electron chi connectivity index (χ1n) is 8.07. The summed E-state index contributed by atoms with van der Waals surface area (Å²) in [5, 5.41) is 0.804. The fourth-order valence-corrected chi connectivity index (χ4v) is 3.30. The summed E-state index contributed by atoms with van der Waals surface area (Å²) in [7, 11) is 0. The van der Waals surface area contributed by atoms with E-state index in [4.69, 9.17) is 17.3 Å². The van der Waals surface area contributed by atoms with Crippen molar-refractivity contribution < 1.29 is 4.79 Å². The van der Waals surface area contributed by atoms with Crippen molar-refractivity contribution in [1.29, 1.82) is 0 Å². The molecule has 0 radical (unpaired) electrons. The van der Waals surface area contributed by atoms with Gasteiger partial charge in [-0.2, -0.15) is 0 Å². The van der Waals surface area contributed by atoms with E-state index >= 15 is 0 Å². The minimum absolute atomic E-state index is 0.0897. The van der Waals surface area contributed by atoms with Gasteiger partial charge >= 0.3 is 0 Å². The summed E-state index contributed by atoms with van der Waals surface area (Å²) >= 11 is 6.29. The molecule has 1 fully saturated rings. The van der Waals surface area contributed by atoms with E-state index in [0.29, 0.717) is 0 Å². The van der Waals surface area contributed by atoms with Gasteiger partial charge in [0, 0.05) is 37.2 Å². The van der Waals surface area contributed by atoms with Crippen LogP contribution < -0.4 is 5.73 Å². The second-order valence-corrected chi connectivity index (χ2v) is 6.36. The number of nitrogens with two attached hydrogens (primary N) is 1. The Kier molecular flexibility index (Phi) is 6.24. The number of rotatable bonds is 5. The van der Waals surface area contributed by atoms with E-state index in [1.807, 2.05) is 23.1 Å². The Morgan fingerprint density at radius 2 is 1.91 bits per heavy atom. The number of carbonyl (C=O) groups is 1. The fourth-order valence-electron chi connectivity index (χ4n) is 3.01. The van der Waals surface area contributed by atoms with Crippen molar-refractivity contribution in [2.45, 2.75) is 38.8 Å². The molecule has 0 bridgehead atoms. The number of benzene rings is 1. The van der Waals surface area contributed by atoms with Crippen LogP contribution in [0.5, 0.6) is 0 Å². The van der Waals surface area contributed by atoms with Gasteiger partial charge < -0.3 is 10.6 Å². The molecule has 5 heteroatoms. The van der Waals surface area contributed by atoms with Crippen molar-refractivity contribution in [3.05, 3.63) is 34.9 Å². The number of nitrogens with zero attached hydrogens (tertiary/aromatic N) is 2. The molecule has 0 spiro atoms. The molecule has 1 aromatic carbocycles. The number of amides is 1. The third-order valence-corrected chi connectivity index (χ3v) is 4.79. The van der Waals surface area contributed by atoms with Gasteiger partial charge in [-0.1, -0.05) is 43.1 Å². The number of hydrogen-bond donors (Lipinski definition) is 1. The lowest BCUT2D eigenvalue weighted by Gasteiger charge is -2.39. The predicted octanol–water partition coefficient (Wildman–Crippen LogP) is 2.67. The summed E-state index contributed by atoms with van der Waals surface area (Å²) in [6.07, 6.45) is 1.70. The largest absolute Gasteiger partial charge is 0.339 e. The highest BCUT2D eigenvalue weighted by Gasteiger charge is 2.27. The van der Waals surface area contributed by atoms with Gasteiger partial charge in [0.2, 0.25) is 5.91 Å². The van der Waals surface area contributed by atoms with Crippen molar-refractivity contribution in [2.75, 3.05) is 26.2 Å². The van der Waals surface area contributed by atoms with E-state index in [9.17, 15) is 4.79 Å². The molecule has 1 aliphatic heterocycles. The highest BCUT2D eigenvalue weighted by Crippen LogP contribution is 2.27. The second-order valence-electron chi connectivity index (χ2n) is 5.95. The molecule has 2 atom stereocenters. The first-order chi connectivity index (χ1) is 10.5. The quantitative estimate of drug-likeness (QED) is 0.906. The van der Waals surface area contributed by atoms with E-state index in [1.165, 1.54) is 0 Å². The maximum Gasteiger partial charge on any atom is 0.239 e. The molecule has 0 saturated carbocycles. The van der Waals surface area contributed by atoms with Gasteiger partial charge in [-0.3, -0.25) is 9.69 Å². The van der Waals surface area contributed by atoms with Crippen molar-refractivity contribution >= 4 is 17.5 Å². The van der Waals surface area contributed by atoms with Crippen LogP contribution in [-0.4, -0.2) is 47.9 Å². The lowest BCUT2D eigenvalue weighted by molar-refractivity contribution is -0.134. The number of halogens is 1. The molecule has 22 heavy (non-hydrogen) atoms. The topological polar surface area (TPSA) is 49.6 Å². The Morgan fingerprint density at radius 1 is 1.27 bits per heavy atom. The first kappa shape index (κ1) is 17.3. The molecular formula is C17H26ClN3O. The van der Waals surface area contributed by atoms with Crippen LogP contribution in [0.3, 0.4) is 0 Å². The standard InChI is InChI=1S/C17H26ClN3O/c1-3-6-16(19)17(22)21-11-9-20(10-12-21)13(2)14-7-4-5-8-15(14)18/h4-5,7-8,13,16H,3,6,9-12,19H2,1-2H3. The minimum Gasteiger partial charge on any atom is -0.339 e. The lowest BCUT2D eigenvalue weighted by atomic mass is 10.1. The van der Waals surface area contributed by atoms with Gasteiger partial charge in [-0.25, -0.2) is 0 Å². The summed E-state index contributed by atoms with van der Waals surface area (Å²) in [6.45, 7) is 7.42. The molecule has 1 heterocycles. The molecule has 122 valence electrons. The lowest BCUT2D eigenvalue weighted by Crippen LogP contribution is -2.53. The molecule has 1 aromatic rings. The Bertz CT molecular complexity index is 500. The molecule has 1 amide bonds. The van der Waals surface area contributed by atoms with Crippen molar-refractivity contribution in [2.24, 2.45) is 5.73 Å². The van der Waals surface area contributed by atoms with Gasteiger partial charge in [0.25, 0.3) is 0 Å². The van der Waals surface area contributed by atoms with Crippen LogP contribution in [0.4, 0.5) is 0 Å². The smallest absolute Gasteiger partial charge is 0.239 e. The van der Waals surface area contributed by atoms with E-state index < -0.39 is 0 Å². The molecule has 0 aromatic heterocycles. The SMILES string of the molecule is CCCC(N)C(=O)N1CCN(C(C)c2ccccc2Cl)CC1. The zero-order valence-corrected chi connectivity index (χ0v) is 14.2. The molecule has 4 nitrogen and oxygen atoms in total. The first-order valence-corrected chi connectivity index (χ1v) is 8.45. The van der Waals surface area contributed by atoms with Crippen molar-refractivity contribution in [3.63, 3.8) is 0 Å². The fraction of sp³-hybridized carbons (Fsp3) is 0.588. The van der Waals surface area contributed by atoms with Crippen LogP contribution in [0.15, 0.2) is 24.3 Å². The summed E-state index contributed by atoms with van der Waals surface area (Å²) in [4.78, 5) is 16.5. The Labute approximate surface area is 138 Å².